The van der Waals surface area contributed by atoms with Gasteiger partial charge in [0, 0.05) is 19.7 Å². The summed E-state index contributed by atoms with van der Waals surface area (Å²) in [7, 11) is -4.46. The summed E-state index contributed by atoms with van der Waals surface area (Å²) in [6.07, 6.45) is 16.6. The summed E-state index contributed by atoms with van der Waals surface area (Å²) < 4.78 is 41.8. The molecule has 2 rings (SSSR count). The molecule has 1 atom stereocenters. The SMILES string of the molecule is CCCCCCCCCCCCCCOCC(COS(=O)(=O)O)N1CCc2ccccc2C1. The Hall–Kier alpha value is -0.990. The van der Waals surface area contributed by atoms with E-state index in [0.717, 1.165) is 25.9 Å². The second-order valence-electron chi connectivity index (χ2n) is 9.32. The van der Waals surface area contributed by atoms with Gasteiger partial charge in [0.15, 0.2) is 0 Å². The number of benzene rings is 1. The summed E-state index contributed by atoms with van der Waals surface area (Å²) in [5, 5.41) is 0. The predicted molar refractivity (Wildman–Crippen MR) is 134 cm³/mol. The van der Waals surface area contributed by atoms with E-state index in [1.807, 2.05) is 12.1 Å². The second kappa shape index (κ2) is 16.6. The lowest BCUT2D eigenvalue weighted by Gasteiger charge is -2.35. The fourth-order valence-corrected chi connectivity index (χ4v) is 4.85. The molecule has 1 aliphatic rings. The van der Waals surface area contributed by atoms with E-state index in [2.05, 4.69) is 24.0 Å². The van der Waals surface area contributed by atoms with E-state index >= 15 is 0 Å². The molecule has 190 valence electrons. The van der Waals surface area contributed by atoms with E-state index in [-0.39, 0.29) is 12.6 Å². The van der Waals surface area contributed by atoms with Crippen molar-refractivity contribution in [3.63, 3.8) is 0 Å². The van der Waals surface area contributed by atoms with Crippen LogP contribution >= 0.6 is 0 Å². The molecule has 0 bridgehead atoms. The third kappa shape index (κ3) is 12.9. The van der Waals surface area contributed by atoms with Gasteiger partial charge in [0.1, 0.15) is 0 Å². The number of ether oxygens (including phenoxy) is 1. The lowest BCUT2D eigenvalue weighted by atomic mass is 9.99. The predicted octanol–water partition coefficient (Wildman–Crippen LogP) is 5.95. The van der Waals surface area contributed by atoms with Crippen LogP contribution in [-0.2, 0) is 32.3 Å². The van der Waals surface area contributed by atoms with Crippen LogP contribution in [0.15, 0.2) is 24.3 Å². The molecule has 33 heavy (non-hydrogen) atoms. The highest BCUT2D eigenvalue weighted by molar-refractivity contribution is 7.80. The van der Waals surface area contributed by atoms with Gasteiger partial charge in [-0.3, -0.25) is 9.45 Å². The molecule has 1 N–H and O–H groups in total. The number of fused-ring (bicyclic) bond motifs is 1. The number of rotatable bonds is 19. The number of hydrogen-bond donors (Lipinski definition) is 1. The first-order valence-electron chi connectivity index (χ1n) is 13.0. The van der Waals surface area contributed by atoms with Crippen molar-refractivity contribution < 1.29 is 21.9 Å². The van der Waals surface area contributed by atoms with Gasteiger partial charge in [0.25, 0.3) is 0 Å². The Bertz CT molecular complexity index is 740. The highest BCUT2D eigenvalue weighted by Crippen LogP contribution is 2.21. The summed E-state index contributed by atoms with van der Waals surface area (Å²) in [6, 6.07) is 8.11. The monoisotopic (exact) mass is 483 g/mol. The lowest BCUT2D eigenvalue weighted by molar-refractivity contribution is 0.0279. The van der Waals surface area contributed by atoms with Crippen molar-refractivity contribution in [3.8, 4) is 0 Å². The number of unbranched alkanes of at least 4 members (excludes halogenated alkanes) is 11. The van der Waals surface area contributed by atoms with E-state index in [1.54, 1.807) is 0 Å². The third-order valence-corrected chi connectivity index (χ3v) is 6.97. The molecule has 0 saturated carbocycles. The van der Waals surface area contributed by atoms with E-state index in [4.69, 9.17) is 13.5 Å². The molecular weight excluding hydrogens is 438 g/mol. The highest BCUT2D eigenvalue weighted by Gasteiger charge is 2.25. The van der Waals surface area contributed by atoms with Crippen molar-refractivity contribution in [2.75, 3.05) is 26.4 Å². The molecule has 0 aromatic heterocycles. The van der Waals surface area contributed by atoms with E-state index in [1.165, 1.54) is 81.8 Å². The molecule has 0 radical (unpaired) electrons. The summed E-state index contributed by atoms with van der Waals surface area (Å²) in [5.74, 6) is 0. The molecule has 1 aromatic carbocycles. The standard InChI is InChI=1S/C26H45NO5S/c1-2-3-4-5-6-7-8-9-10-11-12-15-20-31-22-26(23-32-33(28,29)30)27-19-18-24-16-13-14-17-25(24)21-27/h13-14,16-17,26H,2-12,15,18-23H2,1H3,(H,28,29,30). The second-order valence-corrected chi connectivity index (χ2v) is 10.4. The Morgan fingerprint density at radius 2 is 1.45 bits per heavy atom. The fourth-order valence-electron chi connectivity index (χ4n) is 4.52. The van der Waals surface area contributed by atoms with Crippen LogP contribution in [0.2, 0.25) is 0 Å². The van der Waals surface area contributed by atoms with Crippen LogP contribution in [0.4, 0.5) is 0 Å². The zero-order valence-electron chi connectivity index (χ0n) is 20.6. The van der Waals surface area contributed by atoms with Crippen molar-refractivity contribution in [1.82, 2.24) is 4.90 Å². The van der Waals surface area contributed by atoms with Crippen molar-refractivity contribution >= 4 is 10.4 Å². The van der Waals surface area contributed by atoms with E-state index in [0.29, 0.717) is 13.2 Å². The molecule has 0 fully saturated rings. The van der Waals surface area contributed by atoms with E-state index < -0.39 is 10.4 Å². The molecule has 6 nitrogen and oxygen atoms in total. The van der Waals surface area contributed by atoms with Gasteiger partial charge in [0.2, 0.25) is 0 Å². The Morgan fingerprint density at radius 1 is 0.879 bits per heavy atom. The zero-order valence-corrected chi connectivity index (χ0v) is 21.4. The van der Waals surface area contributed by atoms with Gasteiger partial charge in [-0.2, -0.15) is 8.42 Å². The average Bonchev–Trinajstić information content (AvgIpc) is 2.80. The molecule has 1 aliphatic heterocycles. The van der Waals surface area contributed by atoms with Crippen LogP contribution in [0.3, 0.4) is 0 Å². The first-order valence-corrected chi connectivity index (χ1v) is 14.4. The quantitative estimate of drug-likeness (QED) is 0.194. The largest absolute Gasteiger partial charge is 0.397 e. The molecule has 1 unspecified atom stereocenters. The van der Waals surface area contributed by atoms with Crippen molar-refractivity contribution in [2.24, 2.45) is 0 Å². The smallest absolute Gasteiger partial charge is 0.380 e. The summed E-state index contributed by atoms with van der Waals surface area (Å²) in [4.78, 5) is 2.19. The fraction of sp³-hybridized carbons (Fsp3) is 0.769. The first kappa shape index (κ1) is 28.2. The van der Waals surface area contributed by atoms with Crippen LogP contribution < -0.4 is 0 Å². The van der Waals surface area contributed by atoms with Gasteiger partial charge in [-0.05, 0) is 24.0 Å². The van der Waals surface area contributed by atoms with Gasteiger partial charge in [-0.1, -0.05) is 102 Å². The zero-order chi connectivity index (χ0) is 23.8. The van der Waals surface area contributed by atoms with Crippen LogP contribution in [0.25, 0.3) is 0 Å². The number of hydrogen-bond acceptors (Lipinski definition) is 5. The Morgan fingerprint density at radius 3 is 2.06 bits per heavy atom. The highest BCUT2D eigenvalue weighted by atomic mass is 32.3. The minimum atomic E-state index is -4.46. The normalized spacial score (nSPS) is 15.5. The molecule has 1 aromatic rings. The van der Waals surface area contributed by atoms with Crippen LogP contribution in [0.1, 0.15) is 95.1 Å². The summed E-state index contributed by atoms with van der Waals surface area (Å²) >= 11 is 0. The van der Waals surface area contributed by atoms with Gasteiger partial charge < -0.3 is 4.74 Å². The lowest BCUT2D eigenvalue weighted by Crippen LogP contribution is -2.45. The van der Waals surface area contributed by atoms with Gasteiger partial charge in [-0.15, -0.1) is 0 Å². The minimum absolute atomic E-state index is 0.0978. The van der Waals surface area contributed by atoms with Gasteiger partial charge >= 0.3 is 10.4 Å². The maximum Gasteiger partial charge on any atom is 0.397 e. The number of nitrogens with zero attached hydrogens (tertiary/aromatic N) is 1. The molecule has 0 amide bonds. The average molecular weight is 484 g/mol. The van der Waals surface area contributed by atoms with Crippen LogP contribution in [0.5, 0.6) is 0 Å². The Labute approximate surface area is 202 Å². The maximum atomic E-state index is 11.1. The van der Waals surface area contributed by atoms with E-state index in [9.17, 15) is 8.42 Å². The van der Waals surface area contributed by atoms with Gasteiger partial charge in [-0.25, -0.2) is 4.18 Å². The first-order chi connectivity index (χ1) is 16.0. The molecule has 1 heterocycles. The van der Waals surface area contributed by atoms with Crippen molar-refractivity contribution in [3.05, 3.63) is 35.4 Å². The Kier molecular flexibility index (Phi) is 14.2. The molecule has 0 aliphatic carbocycles. The minimum Gasteiger partial charge on any atom is -0.380 e. The maximum absolute atomic E-state index is 11.1. The molecule has 0 spiro atoms. The molecule has 0 saturated heterocycles. The summed E-state index contributed by atoms with van der Waals surface area (Å²) in [6.45, 7) is 4.78. The topological polar surface area (TPSA) is 76.1 Å². The molecule has 7 heteroatoms. The van der Waals surface area contributed by atoms with Crippen molar-refractivity contribution in [1.29, 1.82) is 0 Å². The van der Waals surface area contributed by atoms with Crippen LogP contribution in [-0.4, -0.2) is 50.3 Å². The third-order valence-electron chi connectivity index (χ3n) is 6.54. The Balaban J connectivity index is 1.58. The van der Waals surface area contributed by atoms with Gasteiger partial charge in [0.05, 0.1) is 19.3 Å². The van der Waals surface area contributed by atoms with Crippen molar-refractivity contribution in [2.45, 2.75) is 103 Å². The summed E-state index contributed by atoms with van der Waals surface area (Å²) in [5.41, 5.74) is 2.59. The van der Waals surface area contributed by atoms with Crippen LogP contribution in [0, 0.1) is 0 Å². The molecular formula is C26H45NO5S.